The highest BCUT2D eigenvalue weighted by atomic mass is 79.9. The van der Waals surface area contributed by atoms with Crippen molar-refractivity contribution in [2.75, 3.05) is 0 Å². The molecule has 0 spiro atoms. The van der Waals surface area contributed by atoms with E-state index in [4.69, 9.17) is 0 Å². The van der Waals surface area contributed by atoms with Crippen molar-refractivity contribution >= 4 is 63.7 Å². The molecule has 0 radical (unpaired) electrons. The molecule has 0 bridgehead atoms. The molecule has 0 aromatic carbocycles. The van der Waals surface area contributed by atoms with Crippen molar-refractivity contribution in [1.82, 2.24) is 0 Å². The third kappa shape index (κ3) is 2.85. The van der Waals surface area contributed by atoms with Crippen molar-refractivity contribution in [2.45, 2.75) is 34.2 Å². The molecule has 2 aliphatic rings. The van der Waals surface area contributed by atoms with Crippen LogP contribution in [0.5, 0.6) is 0 Å². The Labute approximate surface area is 158 Å². The maximum Gasteiger partial charge on any atom is 0.118 e. The molecule has 0 amide bonds. The molecule has 6 heteroatoms. The summed E-state index contributed by atoms with van der Waals surface area (Å²) < 4.78 is 1.32. The van der Waals surface area contributed by atoms with E-state index in [0.29, 0.717) is 15.4 Å². The first-order valence-electron chi connectivity index (χ1n) is 6.61. The molecule has 0 heterocycles. The maximum absolute atomic E-state index is 11.4. The molecule has 2 N–H and O–H groups in total. The molecule has 2 nitrogen and oxygen atoms in total. The SMILES string of the molecule is CCC([C@]1(O)C(Br)=CC=C[C@H]1Br)[C@@]1(O)C(Br)=CC=C[C@H]1Br. The van der Waals surface area contributed by atoms with Crippen LogP contribution in [-0.4, -0.2) is 31.1 Å². The molecule has 21 heavy (non-hydrogen) atoms. The molecular weight excluding hydrogens is 532 g/mol. The van der Waals surface area contributed by atoms with Crippen LogP contribution in [0.4, 0.5) is 0 Å². The van der Waals surface area contributed by atoms with Gasteiger partial charge in [-0.15, -0.1) is 0 Å². The van der Waals surface area contributed by atoms with Crippen molar-refractivity contribution in [3.63, 3.8) is 0 Å². The van der Waals surface area contributed by atoms with Crippen LogP contribution >= 0.6 is 63.7 Å². The molecule has 1 unspecified atom stereocenters. The smallest absolute Gasteiger partial charge is 0.118 e. The van der Waals surface area contributed by atoms with E-state index in [1.165, 1.54) is 0 Å². The van der Waals surface area contributed by atoms with Gasteiger partial charge in [-0.1, -0.05) is 94.9 Å². The molecular formula is C15H16Br4O2. The average Bonchev–Trinajstić information content (AvgIpc) is 2.43. The van der Waals surface area contributed by atoms with E-state index in [9.17, 15) is 10.2 Å². The zero-order valence-corrected chi connectivity index (χ0v) is 17.7. The second kappa shape index (κ2) is 6.73. The minimum atomic E-state index is -1.23. The van der Waals surface area contributed by atoms with Gasteiger partial charge in [0.2, 0.25) is 0 Å². The van der Waals surface area contributed by atoms with Crippen molar-refractivity contribution < 1.29 is 10.2 Å². The zero-order chi connectivity index (χ0) is 15.8. The van der Waals surface area contributed by atoms with E-state index < -0.39 is 17.1 Å². The normalized spacial score (nSPS) is 40.7. The summed E-state index contributed by atoms with van der Waals surface area (Å²) in [6, 6.07) is 0. The predicted molar refractivity (Wildman–Crippen MR) is 101 cm³/mol. The summed E-state index contributed by atoms with van der Waals surface area (Å²) >= 11 is 14.0. The summed E-state index contributed by atoms with van der Waals surface area (Å²) in [6.07, 6.45) is 11.8. The summed E-state index contributed by atoms with van der Waals surface area (Å²) in [5.41, 5.74) is -2.47. The summed E-state index contributed by atoms with van der Waals surface area (Å²) in [7, 11) is 0. The first kappa shape index (κ1) is 18.1. The number of rotatable bonds is 3. The fraction of sp³-hybridized carbons (Fsp3) is 0.467. The number of hydrogen-bond acceptors (Lipinski definition) is 2. The fourth-order valence-corrected chi connectivity index (χ4v) is 6.42. The monoisotopic (exact) mass is 544 g/mol. The van der Waals surface area contributed by atoms with E-state index in [0.717, 1.165) is 0 Å². The van der Waals surface area contributed by atoms with Crippen LogP contribution in [-0.2, 0) is 0 Å². The van der Waals surface area contributed by atoms with Gasteiger partial charge in [0, 0.05) is 14.9 Å². The lowest BCUT2D eigenvalue weighted by Gasteiger charge is -2.49. The second-order valence-corrected chi connectivity index (χ2v) is 8.90. The van der Waals surface area contributed by atoms with Crippen molar-refractivity contribution in [1.29, 1.82) is 0 Å². The van der Waals surface area contributed by atoms with Crippen molar-refractivity contribution in [3.8, 4) is 0 Å². The van der Waals surface area contributed by atoms with E-state index in [1.54, 1.807) is 0 Å². The number of hydrogen-bond donors (Lipinski definition) is 2. The predicted octanol–water partition coefficient (Wildman–Crippen LogP) is 4.70. The van der Waals surface area contributed by atoms with Crippen LogP contribution in [0, 0.1) is 5.92 Å². The fourth-order valence-electron chi connectivity index (χ4n) is 2.97. The van der Waals surface area contributed by atoms with Gasteiger partial charge in [0.1, 0.15) is 11.2 Å². The minimum absolute atomic E-state index is 0.288. The Morgan fingerprint density at radius 3 is 1.67 bits per heavy atom. The van der Waals surface area contributed by atoms with Crippen LogP contribution in [0.15, 0.2) is 45.4 Å². The Morgan fingerprint density at radius 1 is 1.00 bits per heavy atom. The summed E-state index contributed by atoms with van der Waals surface area (Å²) in [6.45, 7) is 1.97. The van der Waals surface area contributed by atoms with Crippen LogP contribution in [0.1, 0.15) is 13.3 Å². The highest BCUT2D eigenvalue weighted by Gasteiger charge is 2.57. The van der Waals surface area contributed by atoms with E-state index in [-0.39, 0.29) is 9.65 Å². The van der Waals surface area contributed by atoms with Gasteiger partial charge in [0.15, 0.2) is 0 Å². The Hall–Kier alpha value is 0.800. The van der Waals surface area contributed by atoms with Gasteiger partial charge in [-0.25, -0.2) is 0 Å². The minimum Gasteiger partial charge on any atom is -0.383 e. The lowest BCUT2D eigenvalue weighted by atomic mass is 9.68. The maximum atomic E-state index is 11.4. The van der Waals surface area contributed by atoms with Crippen LogP contribution in [0.3, 0.4) is 0 Å². The van der Waals surface area contributed by atoms with Crippen LogP contribution in [0.25, 0.3) is 0 Å². The molecule has 2 aliphatic carbocycles. The number of aliphatic hydroxyl groups is 2. The number of allylic oxidation sites excluding steroid dienone is 4. The van der Waals surface area contributed by atoms with Gasteiger partial charge in [-0.05, 0) is 18.6 Å². The Balaban J connectivity index is 2.54. The molecule has 0 saturated carbocycles. The number of halogens is 4. The van der Waals surface area contributed by atoms with Gasteiger partial charge in [-0.3, -0.25) is 0 Å². The molecule has 116 valence electrons. The highest BCUT2D eigenvalue weighted by Crippen LogP contribution is 2.51. The van der Waals surface area contributed by atoms with Crippen molar-refractivity contribution in [3.05, 3.63) is 45.4 Å². The lowest BCUT2D eigenvalue weighted by Crippen LogP contribution is -2.60. The Bertz CT molecular complexity index is 494. The third-order valence-corrected chi connectivity index (χ3v) is 7.93. The first-order chi connectivity index (χ1) is 9.79. The van der Waals surface area contributed by atoms with Crippen LogP contribution < -0.4 is 0 Å². The first-order valence-corrected chi connectivity index (χ1v) is 10.0. The molecule has 0 saturated heterocycles. The molecule has 0 aliphatic heterocycles. The quantitative estimate of drug-likeness (QED) is 0.503. The summed E-state index contributed by atoms with van der Waals surface area (Å²) in [5.74, 6) is -0.426. The molecule has 2 rings (SSSR count). The lowest BCUT2D eigenvalue weighted by molar-refractivity contribution is -0.0738. The molecule has 0 aromatic heterocycles. The van der Waals surface area contributed by atoms with Gasteiger partial charge in [0.25, 0.3) is 0 Å². The molecule has 0 aromatic rings. The number of alkyl halides is 2. The second-order valence-electron chi connectivity index (χ2n) is 5.21. The van der Waals surface area contributed by atoms with E-state index >= 15 is 0 Å². The average molecular weight is 548 g/mol. The molecule has 5 atom stereocenters. The van der Waals surface area contributed by atoms with Gasteiger partial charge in [-0.2, -0.15) is 0 Å². The van der Waals surface area contributed by atoms with E-state index in [1.807, 2.05) is 43.4 Å². The Kier molecular flexibility index (Phi) is 5.82. The topological polar surface area (TPSA) is 40.5 Å². The van der Waals surface area contributed by atoms with Gasteiger partial charge < -0.3 is 10.2 Å². The molecule has 0 fully saturated rings. The van der Waals surface area contributed by atoms with Gasteiger partial charge >= 0.3 is 0 Å². The summed E-state index contributed by atoms with van der Waals surface area (Å²) in [5, 5.41) is 22.7. The van der Waals surface area contributed by atoms with E-state index in [2.05, 4.69) is 63.7 Å². The van der Waals surface area contributed by atoms with Gasteiger partial charge in [0.05, 0.1) is 9.65 Å². The zero-order valence-electron chi connectivity index (χ0n) is 11.3. The standard InChI is InChI=1S/C15H16Br4O2/c1-2-9(14(20)10(16)5-3-6-11(14)17)15(21)12(18)7-4-8-13(15)19/h3-10,12,20-21H,2H2,1H3/t9?,10-,12-,14-,15+/m1/s1. The highest BCUT2D eigenvalue weighted by molar-refractivity contribution is 9.12. The largest absolute Gasteiger partial charge is 0.383 e. The summed E-state index contributed by atoms with van der Waals surface area (Å²) in [4.78, 5) is -0.575. The van der Waals surface area contributed by atoms with Crippen LogP contribution in [0.2, 0.25) is 0 Å². The third-order valence-electron chi connectivity index (χ3n) is 4.12. The Morgan fingerprint density at radius 2 is 1.38 bits per heavy atom. The van der Waals surface area contributed by atoms with Crippen molar-refractivity contribution in [2.24, 2.45) is 5.92 Å².